The maximum absolute atomic E-state index is 14.2. The highest BCUT2D eigenvalue weighted by molar-refractivity contribution is 5.89. The molecule has 122 valence electrons. The molecule has 1 aliphatic rings. The molecule has 1 fully saturated rings. The van der Waals surface area contributed by atoms with Gasteiger partial charge in [-0.05, 0) is 44.9 Å². The number of carbonyl (C=O) groups excluding carboxylic acids is 1. The van der Waals surface area contributed by atoms with Gasteiger partial charge in [0, 0.05) is 24.8 Å². The second-order valence-corrected chi connectivity index (χ2v) is 6.30. The lowest BCUT2D eigenvalue weighted by Gasteiger charge is -2.25. The van der Waals surface area contributed by atoms with E-state index in [0.29, 0.717) is 11.4 Å². The number of hydrogen-bond acceptors (Lipinski definition) is 2. The zero-order valence-electron chi connectivity index (χ0n) is 13.7. The van der Waals surface area contributed by atoms with Crippen LogP contribution in [0, 0.1) is 5.82 Å². The van der Waals surface area contributed by atoms with Crippen molar-refractivity contribution in [3.8, 4) is 0 Å². The molecule has 0 bridgehead atoms. The van der Waals surface area contributed by atoms with E-state index in [-0.39, 0.29) is 23.9 Å². The summed E-state index contributed by atoms with van der Waals surface area (Å²) in [6, 6.07) is 5.00. The van der Waals surface area contributed by atoms with Crippen LogP contribution in [0.1, 0.15) is 46.0 Å². The largest absolute Gasteiger partial charge is 0.370 e. The molecule has 1 aromatic carbocycles. The highest BCUT2D eigenvalue weighted by atomic mass is 19.1. The van der Waals surface area contributed by atoms with Gasteiger partial charge in [0.2, 0.25) is 0 Å². The number of anilines is 2. The first-order valence-corrected chi connectivity index (χ1v) is 8.07. The topological polar surface area (TPSA) is 44.4 Å². The summed E-state index contributed by atoms with van der Waals surface area (Å²) >= 11 is 0. The Labute approximate surface area is 132 Å². The molecule has 1 aliphatic carbocycles. The van der Waals surface area contributed by atoms with Gasteiger partial charge in [-0.25, -0.2) is 9.18 Å². The maximum Gasteiger partial charge on any atom is 0.319 e. The van der Waals surface area contributed by atoms with Crippen molar-refractivity contribution in [2.45, 2.75) is 58.0 Å². The lowest BCUT2D eigenvalue weighted by atomic mass is 9.96. The molecule has 0 radical (unpaired) electrons. The van der Waals surface area contributed by atoms with E-state index in [4.69, 9.17) is 0 Å². The van der Waals surface area contributed by atoms with Crippen LogP contribution in [0.25, 0.3) is 0 Å². The van der Waals surface area contributed by atoms with Gasteiger partial charge in [-0.2, -0.15) is 0 Å². The number of rotatable bonds is 4. The van der Waals surface area contributed by atoms with E-state index in [0.717, 1.165) is 25.7 Å². The number of nitrogens with zero attached hydrogens (tertiary/aromatic N) is 1. The molecular formula is C17H26FN3O. The number of carbonyl (C=O) groups is 1. The van der Waals surface area contributed by atoms with Gasteiger partial charge >= 0.3 is 6.03 Å². The fraction of sp³-hybridized carbons (Fsp3) is 0.588. The van der Waals surface area contributed by atoms with Crippen LogP contribution in [-0.2, 0) is 0 Å². The Hall–Kier alpha value is -1.78. The second-order valence-electron chi connectivity index (χ2n) is 6.30. The molecule has 0 aliphatic heterocycles. The van der Waals surface area contributed by atoms with E-state index in [9.17, 15) is 9.18 Å². The molecule has 2 rings (SSSR count). The molecule has 2 amide bonds. The summed E-state index contributed by atoms with van der Waals surface area (Å²) in [6.07, 6.45) is 5.63. The Morgan fingerprint density at radius 2 is 1.95 bits per heavy atom. The average molecular weight is 307 g/mol. The molecule has 0 heterocycles. The first-order chi connectivity index (χ1) is 10.5. The number of urea groups is 1. The van der Waals surface area contributed by atoms with Crippen LogP contribution < -0.4 is 15.5 Å². The Bertz CT molecular complexity index is 513. The predicted octanol–water partition coefficient (Wildman–Crippen LogP) is 4.12. The number of nitrogens with one attached hydrogen (secondary N) is 2. The normalized spacial score (nSPS) is 15.7. The third-order valence-electron chi connectivity index (χ3n) is 4.30. The number of halogens is 1. The minimum Gasteiger partial charge on any atom is -0.370 e. The molecule has 0 aromatic heterocycles. The fourth-order valence-corrected chi connectivity index (χ4v) is 2.75. The number of hydrogen-bond donors (Lipinski definition) is 2. The number of amides is 2. The lowest BCUT2D eigenvalue weighted by molar-refractivity contribution is 0.244. The monoisotopic (exact) mass is 307 g/mol. The van der Waals surface area contributed by atoms with Gasteiger partial charge in [-0.3, -0.25) is 0 Å². The molecule has 4 nitrogen and oxygen atoms in total. The van der Waals surface area contributed by atoms with Gasteiger partial charge < -0.3 is 15.5 Å². The van der Waals surface area contributed by atoms with E-state index >= 15 is 0 Å². The van der Waals surface area contributed by atoms with E-state index in [1.165, 1.54) is 12.5 Å². The summed E-state index contributed by atoms with van der Waals surface area (Å²) in [7, 11) is 1.85. The molecule has 0 saturated heterocycles. The first kappa shape index (κ1) is 16.6. The minimum atomic E-state index is -0.327. The van der Waals surface area contributed by atoms with Crippen LogP contribution in [0.15, 0.2) is 18.2 Å². The summed E-state index contributed by atoms with van der Waals surface area (Å²) in [6.45, 7) is 4.01. The molecule has 0 atom stereocenters. The predicted molar refractivity (Wildman–Crippen MR) is 89.0 cm³/mol. The van der Waals surface area contributed by atoms with Crippen molar-refractivity contribution in [1.29, 1.82) is 0 Å². The van der Waals surface area contributed by atoms with Gasteiger partial charge in [0.1, 0.15) is 5.82 Å². The zero-order valence-corrected chi connectivity index (χ0v) is 13.7. The van der Waals surface area contributed by atoms with E-state index in [1.54, 1.807) is 12.1 Å². The molecule has 22 heavy (non-hydrogen) atoms. The standard InChI is InChI=1S/C17H26FN3O/c1-12(2)21(3)16-10-9-14(11-15(16)18)20-17(22)19-13-7-5-4-6-8-13/h9-13H,4-8H2,1-3H3,(H2,19,20,22). The van der Waals surface area contributed by atoms with Crippen molar-refractivity contribution in [2.24, 2.45) is 0 Å². The van der Waals surface area contributed by atoms with Crippen molar-refractivity contribution in [3.63, 3.8) is 0 Å². The Balaban J connectivity index is 1.95. The maximum atomic E-state index is 14.2. The van der Waals surface area contributed by atoms with Crippen molar-refractivity contribution >= 4 is 17.4 Å². The van der Waals surface area contributed by atoms with Crippen LogP contribution in [0.4, 0.5) is 20.6 Å². The average Bonchev–Trinajstić information content (AvgIpc) is 2.47. The molecule has 1 saturated carbocycles. The summed E-state index contributed by atoms with van der Waals surface area (Å²) in [4.78, 5) is 13.8. The fourth-order valence-electron chi connectivity index (χ4n) is 2.75. The lowest BCUT2D eigenvalue weighted by Crippen LogP contribution is -2.39. The van der Waals surface area contributed by atoms with Gasteiger partial charge in [-0.15, -0.1) is 0 Å². The minimum absolute atomic E-state index is 0.211. The Morgan fingerprint density at radius 1 is 1.27 bits per heavy atom. The second kappa shape index (κ2) is 7.47. The molecule has 1 aromatic rings. The Morgan fingerprint density at radius 3 is 2.55 bits per heavy atom. The van der Waals surface area contributed by atoms with Crippen LogP contribution in [0.3, 0.4) is 0 Å². The molecule has 0 spiro atoms. The molecule has 5 heteroatoms. The van der Waals surface area contributed by atoms with Crippen LogP contribution >= 0.6 is 0 Å². The van der Waals surface area contributed by atoms with Crippen molar-refractivity contribution in [2.75, 3.05) is 17.3 Å². The highest BCUT2D eigenvalue weighted by Gasteiger charge is 2.16. The van der Waals surface area contributed by atoms with Gasteiger partial charge in [-0.1, -0.05) is 19.3 Å². The highest BCUT2D eigenvalue weighted by Crippen LogP contribution is 2.23. The summed E-state index contributed by atoms with van der Waals surface area (Å²) in [5, 5.41) is 5.68. The summed E-state index contributed by atoms with van der Waals surface area (Å²) in [5.74, 6) is -0.327. The van der Waals surface area contributed by atoms with Gasteiger partial charge in [0.25, 0.3) is 0 Å². The van der Waals surface area contributed by atoms with Crippen LogP contribution in [0.5, 0.6) is 0 Å². The van der Waals surface area contributed by atoms with Crippen molar-refractivity contribution in [3.05, 3.63) is 24.0 Å². The molecular weight excluding hydrogens is 281 g/mol. The van der Waals surface area contributed by atoms with Crippen molar-refractivity contribution < 1.29 is 9.18 Å². The van der Waals surface area contributed by atoms with Gasteiger partial charge in [0.05, 0.1) is 5.69 Å². The van der Waals surface area contributed by atoms with Crippen LogP contribution in [0.2, 0.25) is 0 Å². The summed E-state index contributed by atoms with van der Waals surface area (Å²) < 4.78 is 14.2. The van der Waals surface area contributed by atoms with Crippen LogP contribution in [-0.4, -0.2) is 25.2 Å². The molecule has 2 N–H and O–H groups in total. The Kier molecular flexibility index (Phi) is 5.63. The van der Waals surface area contributed by atoms with E-state index < -0.39 is 0 Å². The number of benzene rings is 1. The van der Waals surface area contributed by atoms with Gasteiger partial charge in [0.15, 0.2) is 0 Å². The quantitative estimate of drug-likeness (QED) is 0.878. The molecule has 0 unspecified atom stereocenters. The van der Waals surface area contributed by atoms with Crippen molar-refractivity contribution in [1.82, 2.24) is 5.32 Å². The van der Waals surface area contributed by atoms with E-state index in [2.05, 4.69) is 10.6 Å². The smallest absolute Gasteiger partial charge is 0.319 e. The third-order valence-corrected chi connectivity index (χ3v) is 4.30. The SMILES string of the molecule is CC(C)N(C)c1ccc(NC(=O)NC2CCCCC2)cc1F. The zero-order chi connectivity index (χ0) is 16.1. The third kappa shape index (κ3) is 4.36. The summed E-state index contributed by atoms with van der Waals surface area (Å²) in [5.41, 5.74) is 1.01. The first-order valence-electron chi connectivity index (χ1n) is 8.07. The van der Waals surface area contributed by atoms with E-state index in [1.807, 2.05) is 25.8 Å².